The van der Waals surface area contributed by atoms with Crippen molar-refractivity contribution in [3.8, 4) is 22.3 Å². The van der Waals surface area contributed by atoms with Gasteiger partial charge >= 0.3 is 0 Å². The van der Waals surface area contributed by atoms with E-state index >= 15 is 0 Å². The number of hydrogen-bond acceptors (Lipinski definition) is 6. The van der Waals surface area contributed by atoms with Gasteiger partial charge in [0.15, 0.2) is 0 Å². The lowest BCUT2D eigenvalue weighted by Gasteiger charge is -2.33. The van der Waals surface area contributed by atoms with Gasteiger partial charge in [0.2, 0.25) is 10.0 Å². The lowest BCUT2D eigenvalue weighted by atomic mass is 9.94. The number of ether oxygens (including phenoxy) is 1. The highest BCUT2D eigenvalue weighted by Crippen LogP contribution is 2.40. The van der Waals surface area contributed by atoms with Crippen LogP contribution in [0.2, 0.25) is 0 Å². The van der Waals surface area contributed by atoms with Crippen LogP contribution in [0.4, 0.5) is 5.82 Å². The molecule has 0 spiro atoms. The first-order valence-corrected chi connectivity index (χ1v) is 12.8. The fourth-order valence-corrected chi connectivity index (χ4v) is 5.02. The van der Waals surface area contributed by atoms with Crippen molar-refractivity contribution in [2.24, 2.45) is 5.14 Å². The molecule has 2 aromatic heterocycles. The maximum Gasteiger partial charge on any atom is 0.239 e. The van der Waals surface area contributed by atoms with E-state index in [-0.39, 0.29) is 11.1 Å². The van der Waals surface area contributed by atoms with Crippen molar-refractivity contribution < 1.29 is 13.2 Å². The number of rotatable bonds is 5. The molecule has 4 aromatic rings. The second kappa shape index (κ2) is 9.13. The number of anilines is 1. The van der Waals surface area contributed by atoms with Gasteiger partial charge in [-0.05, 0) is 41.8 Å². The molecule has 1 aliphatic heterocycles. The van der Waals surface area contributed by atoms with Crippen molar-refractivity contribution in [2.45, 2.75) is 30.4 Å². The van der Waals surface area contributed by atoms with Crippen molar-refractivity contribution in [1.82, 2.24) is 9.97 Å². The first kappa shape index (κ1) is 22.5. The molecule has 0 amide bonds. The number of primary sulfonamides is 1. The summed E-state index contributed by atoms with van der Waals surface area (Å²) < 4.78 is 29.9. The number of aromatic nitrogens is 2. The second-order valence-corrected chi connectivity index (χ2v) is 10.0. The summed E-state index contributed by atoms with van der Waals surface area (Å²) in [5.41, 5.74) is 3.54. The molecule has 0 radical (unpaired) electrons. The zero-order chi connectivity index (χ0) is 23.7. The van der Waals surface area contributed by atoms with Crippen molar-refractivity contribution in [3.05, 3.63) is 73.2 Å². The Labute approximate surface area is 199 Å². The SMILES string of the molecule is CN(c1ncc(-c2cncc(S(N)(=O)=O)c2)c2cccc(-c3ccccc3)c12)C1CCCCO1. The average Bonchev–Trinajstić information content (AvgIpc) is 2.88. The molecule has 3 heterocycles. The van der Waals surface area contributed by atoms with Gasteiger partial charge in [0.25, 0.3) is 0 Å². The average molecular weight is 475 g/mol. The number of sulfonamides is 1. The molecule has 5 rings (SSSR count). The van der Waals surface area contributed by atoms with Crippen LogP contribution in [0.1, 0.15) is 19.3 Å². The highest BCUT2D eigenvalue weighted by atomic mass is 32.2. The fourth-order valence-electron chi connectivity index (χ4n) is 4.52. The summed E-state index contributed by atoms with van der Waals surface area (Å²) in [5, 5.41) is 7.28. The predicted molar refractivity (Wildman–Crippen MR) is 134 cm³/mol. The lowest BCUT2D eigenvalue weighted by Crippen LogP contribution is -2.37. The molecule has 2 N–H and O–H groups in total. The van der Waals surface area contributed by atoms with Crippen molar-refractivity contribution >= 4 is 26.6 Å². The predicted octanol–water partition coefficient (Wildman–Crippen LogP) is 4.57. The third-order valence-corrected chi connectivity index (χ3v) is 7.13. The Kier molecular flexibility index (Phi) is 6.03. The summed E-state index contributed by atoms with van der Waals surface area (Å²) in [5.74, 6) is 0.820. The van der Waals surface area contributed by atoms with Crippen LogP contribution in [0.25, 0.3) is 33.0 Å². The van der Waals surface area contributed by atoms with E-state index in [1.54, 1.807) is 18.5 Å². The molecule has 1 unspecified atom stereocenters. The van der Waals surface area contributed by atoms with Gasteiger partial charge in [-0.1, -0.05) is 48.5 Å². The smallest absolute Gasteiger partial charge is 0.239 e. The zero-order valence-corrected chi connectivity index (χ0v) is 19.7. The van der Waals surface area contributed by atoms with Gasteiger partial charge in [0, 0.05) is 48.8 Å². The first-order chi connectivity index (χ1) is 16.4. The number of nitrogens with zero attached hydrogens (tertiary/aromatic N) is 3. The molecule has 1 atom stereocenters. The molecule has 8 heteroatoms. The first-order valence-electron chi connectivity index (χ1n) is 11.2. The highest BCUT2D eigenvalue weighted by Gasteiger charge is 2.24. The largest absolute Gasteiger partial charge is 0.358 e. The van der Waals surface area contributed by atoms with Crippen LogP contribution in [0.3, 0.4) is 0 Å². The number of hydrogen-bond donors (Lipinski definition) is 1. The number of nitrogens with two attached hydrogens (primary N) is 1. The topological polar surface area (TPSA) is 98.4 Å². The molecule has 7 nitrogen and oxygen atoms in total. The molecule has 1 fully saturated rings. The minimum Gasteiger partial charge on any atom is -0.358 e. The molecular weight excluding hydrogens is 448 g/mol. The van der Waals surface area contributed by atoms with E-state index < -0.39 is 10.0 Å². The molecule has 0 aliphatic carbocycles. The molecule has 0 bridgehead atoms. The quantitative estimate of drug-likeness (QED) is 0.455. The van der Waals surface area contributed by atoms with E-state index in [0.717, 1.165) is 59.2 Å². The maximum atomic E-state index is 11.9. The molecule has 0 saturated carbocycles. The summed E-state index contributed by atoms with van der Waals surface area (Å²) in [7, 11) is -1.87. The van der Waals surface area contributed by atoms with E-state index in [9.17, 15) is 8.42 Å². The van der Waals surface area contributed by atoms with Gasteiger partial charge in [-0.2, -0.15) is 0 Å². The third-order valence-electron chi connectivity index (χ3n) is 6.25. The minimum atomic E-state index is -3.88. The molecular formula is C26H26N4O3S. The number of fused-ring (bicyclic) bond motifs is 1. The van der Waals surface area contributed by atoms with Crippen LogP contribution in [0.5, 0.6) is 0 Å². The van der Waals surface area contributed by atoms with E-state index in [1.807, 2.05) is 37.4 Å². The monoisotopic (exact) mass is 474 g/mol. The summed E-state index contributed by atoms with van der Waals surface area (Å²) >= 11 is 0. The van der Waals surface area contributed by atoms with Gasteiger partial charge in [-0.3, -0.25) is 4.98 Å². The van der Waals surface area contributed by atoms with Crippen LogP contribution in [-0.2, 0) is 14.8 Å². The minimum absolute atomic E-state index is 0.0332. The van der Waals surface area contributed by atoms with E-state index in [2.05, 4.69) is 28.1 Å². The van der Waals surface area contributed by atoms with Crippen molar-refractivity contribution in [2.75, 3.05) is 18.6 Å². The summed E-state index contributed by atoms with van der Waals surface area (Å²) in [6.07, 6.45) is 7.74. The Morgan fingerprint density at radius 2 is 1.79 bits per heavy atom. The van der Waals surface area contributed by atoms with Crippen molar-refractivity contribution in [3.63, 3.8) is 0 Å². The molecule has 34 heavy (non-hydrogen) atoms. The third kappa shape index (κ3) is 4.27. The van der Waals surface area contributed by atoms with Crippen LogP contribution in [0.15, 0.2) is 78.1 Å². The van der Waals surface area contributed by atoms with Gasteiger partial charge < -0.3 is 9.64 Å². The van der Waals surface area contributed by atoms with Gasteiger partial charge in [-0.15, -0.1) is 0 Å². The van der Waals surface area contributed by atoms with E-state index in [4.69, 9.17) is 14.9 Å². The van der Waals surface area contributed by atoms with Crippen LogP contribution in [-0.4, -0.2) is 38.3 Å². The number of benzene rings is 2. The Bertz CT molecular complexity index is 1440. The standard InChI is InChI=1S/C26H26N4O3S/c1-30(24-12-5-6-13-33-24)26-25-21(18-8-3-2-4-9-18)10-7-11-22(25)23(17-29-26)19-14-20(16-28-15-19)34(27,31)32/h2-4,7-11,14-17,24H,5-6,12-13H2,1H3,(H2,27,31,32). The summed E-state index contributed by atoms with van der Waals surface area (Å²) in [4.78, 5) is 11.1. The van der Waals surface area contributed by atoms with E-state index in [0.29, 0.717) is 5.56 Å². The van der Waals surface area contributed by atoms with Crippen LogP contribution < -0.4 is 10.0 Å². The Morgan fingerprint density at radius 3 is 2.53 bits per heavy atom. The molecule has 1 aliphatic rings. The Hall–Kier alpha value is -3.33. The van der Waals surface area contributed by atoms with Crippen LogP contribution >= 0.6 is 0 Å². The van der Waals surface area contributed by atoms with E-state index in [1.165, 1.54) is 6.20 Å². The maximum absolute atomic E-state index is 11.9. The highest BCUT2D eigenvalue weighted by molar-refractivity contribution is 7.89. The van der Waals surface area contributed by atoms with Crippen molar-refractivity contribution in [1.29, 1.82) is 0 Å². The van der Waals surface area contributed by atoms with Gasteiger partial charge in [0.05, 0.1) is 0 Å². The molecule has 174 valence electrons. The zero-order valence-electron chi connectivity index (χ0n) is 18.9. The summed E-state index contributed by atoms with van der Waals surface area (Å²) in [6.45, 7) is 0.739. The van der Waals surface area contributed by atoms with Crippen LogP contribution in [0, 0.1) is 0 Å². The fraction of sp³-hybridized carbons (Fsp3) is 0.231. The summed E-state index contributed by atoms with van der Waals surface area (Å²) in [6, 6.07) is 17.8. The second-order valence-electron chi connectivity index (χ2n) is 8.48. The van der Waals surface area contributed by atoms with Gasteiger partial charge in [-0.25, -0.2) is 18.5 Å². The number of pyridine rings is 2. The van der Waals surface area contributed by atoms with Gasteiger partial charge in [0.1, 0.15) is 16.9 Å². The normalized spacial score (nSPS) is 16.5. The Balaban J connectivity index is 1.76. The lowest BCUT2D eigenvalue weighted by molar-refractivity contribution is 0.0171. The molecule has 2 aromatic carbocycles. The Morgan fingerprint density at radius 1 is 0.971 bits per heavy atom. The molecule has 1 saturated heterocycles.